The zero-order valence-electron chi connectivity index (χ0n) is 13.3. The molecule has 5 heteroatoms. The van der Waals surface area contributed by atoms with Crippen molar-refractivity contribution in [2.24, 2.45) is 0 Å². The second-order valence-corrected chi connectivity index (χ2v) is 5.49. The average Bonchev–Trinajstić information content (AvgIpc) is 2.58. The fourth-order valence-corrected chi connectivity index (χ4v) is 2.07. The molecule has 1 amide bonds. The third-order valence-corrected chi connectivity index (χ3v) is 3.46. The molecule has 1 aromatic heterocycles. The van der Waals surface area contributed by atoms with Gasteiger partial charge >= 0.3 is 0 Å². The van der Waals surface area contributed by atoms with Gasteiger partial charge in [0.25, 0.3) is 5.91 Å². The molecule has 5 nitrogen and oxygen atoms in total. The molecule has 0 radical (unpaired) electrons. The highest BCUT2D eigenvalue weighted by atomic mass is 16.5. The number of amides is 1. The SMILES string of the molecule is CC(C)c1ccc(CNc2ccccc2C=CC(=O)NO)nc1. The standard InChI is InChI=1S/C18H21N3O2/c1-13(2)15-7-9-16(19-11-15)12-20-17-6-4-3-5-14(17)8-10-18(22)21-23/h3-11,13,20,23H,12H2,1-2H3,(H,21,22). The minimum Gasteiger partial charge on any atom is -0.379 e. The van der Waals surface area contributed by atoms with Crippen molar-refractivity contribution >= 4 is 17.7 Å². The van der Waals surface area contributed by atoms with Gasteiger partial charge in [0.05, 0.1) is 12.2 Å². The van der Waals surface area contributed by atoms with Crippen LogP contribution >= 0.6 is 0 Å². The Hall–Kier alpha value is -2.66. The van der Waals surface area contributed by atoms with Crippen LogP contribution in [0.2, 0.25) is 0 Å². The van der Waals surface area contributed by atoms with E-state index >= 15 is 0 Å². The molecule has 2 aromatic rings. The fourth-order valence-electron chi connectivity index (χ4n) is 2.07. The Morgan fingerprint density at radius 1 is 1.26 bits per heavy atom. The van der Waals surface area contributed by atoms with Crippen LogP contribution in [0.25, 0.3) is 6.08 Å². The van der Waals surface area contributed by atoms with Crippen molar-refractivity contribution in [1.29, 1.82) is 0 Å². The number of rotatable bonds is 6. The smallest absolute Gasteiger partial charge is 0.267 e. The third-order valence-electron chi connectivity index (χ3n) is 3.46. The summed E-state index contributed by atoms with van der Waals surface area (Å²) in [7, 11) is 0. The van der Waals surface area contributed by atoms with E-state index in [-0.39, 0.29) is 0 Å². The van der Waals surface area contributed by atoms with Crippen molar-refractivity contribution < 1.29 is 10.0 Å². The van der Waals surface area contributed by atoms with Crippen molar-refractivity contribution in [3.05, 3.63) is 65.5 Å². The summed E-state index contributed by atoms with van der Waals surface area (Å²) in [5.74, 6) is -0.0983. The summed E-state index contributed by atoms with van der Waals surface area (Å²) in [6.45, 7) is 4.87. The molecular weight excluding hydrogens is 290 g/mol. The molecule has 1 heterocycles. The van der Waals surface area contributed by atoms with E-state index in [1.807, 2.05) is 36.5 Å². The molecule has 2 rings (SSSR count). The Morgan fingerprint density at radius 2 is 2.04 bits per heavy atom. The maximum Gasteiger partial charge on any atom is 0.267 e. The van der Waals surface area contributed by atoms with E-state index in [1.54, 1.807) is 11.6 Å². The fraction of sp³-hybridized carbons (Fsp3) is 0.222. The number of hydrogen-bond donors (Lipinski definition) is 3. The minimum atomic E-state index is -0.564. The zero-order valence-corrected chi connectivity index (χ0v) is 13.3. The zero-order chi connectivity index (χ0) is 16.7. The largest absolute Gasteiger partial charge is 0.379 e. The molecule has 1 aromatic carbocycles. The van der Waals surface area contributed by atoms with E-state index < -0.39 is 5.91 Å². The summed E-state index contributed by atoms with van der Waals surface area (Å²) in [5.41, 5.74) is 5.48. The molecular formula is C18H21N3O2. The van der Waals surface area contributed by atoms with Crippen LogP contribution < -0.4 is 10.8 Å². The Labute approximate surface area is 136 Å². The summed E-state index contributed by atoms with van der Waals surface area (Å²) >= 11 is 0. The van der Waals surface area contributed by atoms with Crippen LogP contribution in [0.15, 0.2) is 48.7 Å². The van der Waals surface area contributed by atoms with Gasteiger partial charge in [-0.1, -0.05) is 38.1 Å². The van der Waals surface area contributed by atoms with Crippen molar-refractivity contribution in [3.63, 3.8) is 0 Å². The molecule has 120 valence electrons. The normalized spacial score (nSPS) is 11.0. The van der Waals surface area contributed by atoms with Gasteiger partial charge in [-0.05, 0) is 35.3 Å². The van der Waals surface area contributed by atoms with Crippen molar-refractivity contribution in [3.8, 4) is 0 Å². The van der Waals surface area contributed by atoms with Crippen LogP contribution in [0.5, 0.6) is 0 Å². The van der Waals surface area contributed by atoms with Crippen molar-refractivity contribution in [2.45, 2.75) is 26.3 Å². The van der Waals surface area contributed by atoms with Crippen LogP contribution in [0, 0.1) is 0 Å². The van der Waals surface area contributed by atoms with Crippen LogP contribution in [0.4, 0.5) is 5.69 Å². The van der Waals surface area contributed by atoms with Crippen LogP contribution in [-0.4, -0.2) is 16.1 Å². The monoisotopic (exact) mass is 311 g/mol. The van der Waals surface area contributed by atoms with Gasteiger partial charge in [-0.15, -0.1) is 0 Å². The first kappa shape index (κ1) is 16.7. The quantitative estimate of drug-likeness (QED) is 0.434. The third kappa shape index (κ3) is 4.93. The lowest BCUT2D eigenvalue weighted by atomic mass is 10.1. The molecule has 3 N–H and O–H groups in total. The molecule has 0 aliphatic carbocycles. The molecule has 0 fully saturated rings. The molecule has 0 aliphatic rings. The number of hydrogen-bond acceptors (Lipinski definition) is 4. The van der Waals surface area contributed by atoms with E-state index in [9.17, 15) is 4.79 Å². The Kier molecular flexibility index (Phi) is 5.88. The maximum absolute atomic E-state index is 11.1. The van der Waals surface area contributed by atoms with Gasteiger partial charge in [0.15, 0.2) is 0 Å². The van der Waals surface area contributed by atoms with Gasteiger partial charge < -0.3 is 5.32 Å². The number of para-hydroxylation sites is 1. The van der Waals surface area contributed by atoms with E-state index in [0.717, 1.165) is 16.9 Å². The molecule has 0 bridgehead atoms. The predicted octanol–water partition coefficient (Wildman–Crippen LogP) is 3.34. The highest BCUT2D eigenvalue weighted by molar-refractivity contribution is 5.91. The Morgan fingerprint density at radius 3 is 2.70 bits per heavy atom. The first-order chi connectivity index (χ1) is 11.1. The average molecular weight is 311 g/mol. The molecule has 0 saturated heterocycles. The summed E-state index contributed by atoms with van der Waals surface area (Å²) in [4.78, 5) is 15.5. The number of carbonyl (C=O) groups excluding carboxylic acids is 1. The Bertz CT molecular complexity index is 679. The number of benzene rings is 1. The van der Waals surface area contributed by atoms with Crippen molar-refractivity contribution in [2.75, 3.05) is 5.32 Å². The van der Waals surface area contributed by atoms with Gasteiger partial charge in [0, 0.05) is 18.0 Å². The molecule has 0 spiro atoms. The highest BCUT2D eigenvalue weighted by Crippen LogP contribution is 2.18. The van der Waals surface area contributed by atoms with Crippen LogP contribution in [-0.2, 0) is 11.3 Å². The lowest BCUT2D eigenvalue weighted by Gasteiger charge is -2.10. The Balaban J connectivity index is 2.05. The van der Waals surface area contributed by atoms with Crippen LogP contribution in [0.1, 0.15) is 36.6 Å². The van der Waals surface area contributed by atoms with Crippen LogP contribution in [0.3, 0.4) is 0 Å². The maximum atomic E-state index is 11.1. The van der Waals surface area contributed by atoms with Gasteiger partial charge in [0.2, 0.25) is 0 Å². The van der Waals surface area contributed by atoms with Gasteiger partial charge in [0.1, 0.15) is 0 Å². The van der Waals surface area contributed by atoms with Gasteiger partial charge in [-0.2, -0.15) is 0 Å². The number of carbonyl (C=O) groups is 1. The van der Waals surface area contributed by atoms with Gasteiger partial charge in [-0.25, -0.2) is 5.48 Å². The first-order valence-corrected chi connectivity index (χ1v) is 7.50. The summed E-state index contributed by atoms with van der Waals surface area (Å²) < 4.78 is 0. The van der Waals surface area contributed by atoms with E-state index in [2.05, 4.69) is 30.2 Å². The summed E-state index contributed by atoms with van der Waals surface area (Å²) in [6.07, 6.45) is 4.82. The van der Waals surface area contributed by atoms with Crippen molar-refractivity contribution in [1.82, 2.24) is 10.5 Å². The second-order valence-electron chi connectivity index (χ2n) is 5.49. The second kappa shape index (κ2) is 8.10. The minimum absolute atomic E-state index is 0.466. The summed E-state index contributed by atoms with van der Waals surface area (Å²) in [6, 6.07) is 11.7. The number of anilines is 1. The molecule has 0 aliphatic heterocycles. The van der Waals surface area contributed by atoms with E-state index in [4.69, 9.17) is 5.21 Å². The van der Waals surface area contributed by atoms with E-state index in [1.165, 1.54) is 11.6 Å². The number of hydroxylamine groups is 1. The molecule has 0 saturated carbocycles. The number of nitrogens with one attached hydrogen (secondary N) is 2. The van der Waals surface area contributed by atoms with E-state index in [0.29, 0.717) is 12.5 Å². The molecule has 23 heavy (non-hydrogen) atoms. The summed E-state index contributed by atoms with van der Waals surface area (Å²) in [5, 5.41) is 11.8. The first-order valence-electron chi connectivity index (χ1n) is 7.50. The number of aromatic nitrogens is 1. The molecule has 0 unspecified atom stereocenters. The number of pyridine rings is 1. The lowest BCUT2D eigenvalue weighted by molar-refractivity contribution is -0.124. The molecule has 0 atom stereocenters. The lowest BCUT2D eigenvalue weighted by Crippen LogP contribution is -2.14. The highest BCUT2D eigenvalue weighted by Gasteiger charge is 2.02. The predicted molar refractivity (Wildman–Crippen MR) is 91.1 cm³/mol. The number of nitrogens with zero attached hydrogens (tertiary/aromatic N) is 1. The topological polar surface area (TPSA) is 74.2 Å². The van der Waals surface area contributed by atoms with Gasteiger partial charge in [-0.3, -0.25) is 15.0 Å².